The Bertz CT molecular complexity index is 700. The SMILES string of the molecule is CC(C)(Oc1cccc(Cl)c1)C(=O)N1CCCC(c2ncc[nH]2)C1. The first kappa shape index (κ1) is 16.8. The number of nitrogens with one attached hydrogen (secondary N) is 1. The summed E-state index contributed by atoms with van der Waals surface area (Å²) in [7, 11) is 0. The second kappa shape index (κ2) is 6.85. The topological polar surface area (TPSA) is 58.2 Å². The number of aromatic nitrogens is 2. The van der Waals surface area contributed by atoms with Crippen LogP contribution in [0.15, 0.2) is 36.7 Å². The molecule has 0 saturated carbocycles. The fraction of sp³-hybridized carbons (Fsp3) is 0.444. The zero-order valence-corrected chi connectivity index (χ0v) is 14.7. The van der Waals surface area contributed by atoms with Crippen molar-refractivity contribution in [2.24, 2.45) is 0 Å². The molecule has 1 unspecified atom stereocenters. The molecule has 2 heterocycles. The van der Waals surface area contributed by atoms with E-state index in [1.807, 2.05) is 23.2 Å². The third-order valence-corrected chi connectivity index (χ3v) is 4.53. The van der Waals surface area contributed by atoms with Gasteiger partial charge in [0.05, 0.1) is 0 Å². The van der Waals surface area contributed by atoms with Gasteiger partial charge in [0.2, 0.25) is 0 Å². The number of hydrogen-bond donors (Lipinski definition) is 1. The molecular weight excluding hydrogens is 326 g/mol. The van der Waals surface area contributed by atoms with Crippen molar-refractivity contribution in [2.45, 2.75) is 38.2 Å². The number of aromatic amines is 1. The lowest BCUT2D eigenvalue weighted by Crippen LogP contribution is -2.51. The number of amides is 1. The van der Waals surface area contributed by atoms with Crippen LogP contribution in [0.3, 0.4) is 0 Å². The van der Waals surface area contributed by atoms with Crippen molar-refractivity contribution >= 4 is 17.5 Å². The molecule has 1 atom stereocenters. The summed E-state index contributed by atoms with van der Waals surface area (Å²) in [5.41, 5.74) is -0.949. The zero-order valence-electron chi connectivity index (χ0n) is 14.0. The highest BCUT2D eigenvalue weighted by atomic mass is 35.5. The van der Waals surface area contributed by atoms with Gasteiger partial charge in [0.15, 0.2) is 5.60 Å². The zero-order chi connectivity index (χ0) is 17.2. The van der Waals surface area contributed by atoms with Crippen molar-refractivity contribution < 1.29 is 9.53 Å². The average molecular weight is 348 g/mol. The highest BCUT2D eigenvalue weighted by Crippen LogP contribution is 2.28. The van der Waals surface area contributed by atoms with Crippen molar-refractivity contribution in [3.05, 3.63) is 47.5 Å². The number of ether oxygens (including phenoxy) is 1. The Hall–Kier alpha value is -2.01. The maximum Gasteiger partial charge on any atom is 0.266 e. The number of H-pyrrole nitrogens is 1. The highest BCUT2D eigenvalue weighted by Gasteiger charge is 2.37. The molecule has 0 radical (unpaired) electrons. The molecule has 1 aromatic heterocycles. The van der Waals surface area contributed by atoms with Crippen molar-refractivity contribution in [3.63, 3.8) is 0 Å². The van der Waals surface area contributed by atoms with Crippen LogP contribution in [0, 0.1) is 0 Å². The minimum atomic E-state index is -0.949. The third-order valence-electron chi connectivity index (χ3n) is 4.30. The molecule has 6 heteroatoms. The molecular formula is C18H22ClN3O2. The summed E-state index contributed by atoms with van der Waals surface area (Å²) in [5, 5.41) is 0.589. The number of rotatable bonds is 4. The second-order valence-electron chi connectivity index (χ2n) is 6.63. The fourth-order valence-corrected chi connectivity index (χ4v) is 3.32. The molecule has 0 bridgehead atoms. The lowest BCUT2D eigenvalue weighted by molar-refractivity contribution is -0.146. The Kier molecular flexibility index (Phi) is 4.81. The number of nitrogens with zero attached hydrogens (tertiary/aromatic N) is 2. The Morgan fingerprint density at radius 3 is 3.00 bits per heavy atom. The minimum Gasteiger partial charge on any atom is -0.478 e. The Morgan fingerprint density at radius 2 is 2.29 bits per heavy atom. The molecule has 1 fully saturated rings. The van der Waals surface area contributed by atoms with E-state index >= 15 is 0 Å². The fourth-order valence-electron chi connectivity index (χ4n) is 3.14. The van der Waals surface area contributed by atoms with Gasteiger partial charge in [-0.3, -0.25) is 4.79 Å². The van der Waals surface area contributed by atoms with Crippen molar-refractivity contribution in [1.82, 2.24) is 14.9 Å². The molecule has 0 spiro atoms. The predicted octanol–water partition coefficient (Wildman–Crippen LogP) is 3.63. The maximum absolute atomic E-state index is 13.0. The smallest absolute Gasteiger partial charge is 0.266 e. The quantitative estimate of drug-likeness (QED) is 0.918. The van der Waals surface area contributed by atoms with Gasteiger partial charge >= 0.3 is 0 Å². The summed E-state index contributed by atoms with van der Waals surface area (Å²) in [6.07, 6.45) is 5.57. The third kappa shape index (κ3) is 3.73. The van der Waals surface area contributed by atoms with Crippen molar-refractivity contribution in [3.8, 4) is 5.75 Å². The van der Waals surface area contributed by atoms with Gasteiger partial charge in [-0.05, 0) is 44.9 Å². The molecule has 0 aliphatic carbocycles. The number of carbonyl (C=O) groups is 1. The monoisotopic (exact) mass is 347 g/mol. The van der Waals surface area contributed by atoms with Crippen molar-refractivity contribution in [1.29, 1.82) is 0 Å². The second-order valence-corrected chi connectivity index (χ2v) is 7.07. The molecule has 3 rings (SSSR count). The molecule has 1 amide bonds. The molecule has 1 N–H and O–H groups in total. The number of benzene rings is 1. The van der Waals surface area contributed by atoms with E-state index in [2.05, 4.69) is 9.97 Å². The average Bonchev–Trinajstić information content (AvgIpc) is 3.08. The summed E-state index contributed by atoms with van der Waals surface area (Å²) in [6.45, 7) is 5.01. The van der Waals surface area contributed by atoms with Crippen LogP contribution >= 0.6 is 11.6 Å². The highest BCUT2D eigenvalue weighted by molar-refractivity contribution is 6.30. The first-order chi connectivity index (χ1) is 11.5. The van der Waals surface area contributed by atoms with E-state index in [9.17, 15) is 4.79 Å². The van der Waals surface area contributed by atoms with E-state index in [0.717, 1.165) is 25.2 Å². The van der Waals surface area contributed by atoms with Crippen LogP contribution in [-0.4, -0.2) is 39.5 Å². The minimum absolute atomic E-state index is 0.0151. The summed E-state index contributed by atoms with van der Waals surface area (Å²) in [6, 6.07) is 7.12. The Morgan fingerprint density at radius 1 is 1.46 bits per heavy atom. The normalized spacial score (nSPS) is 18.5. The summed E-state index contributed by atoms with van der Waals surface area (Å²) in [5.74, 6) is 1.78. The van der Waals surface area contributed by atoms with Gasteiger partial charge in [-0.25, -0.2) is 4.98 Å². The first-order valence-corrected chi connectivity index (χ1v) is 8.57. The van der Waals surface area contributed by atoms with E-state index in [-0.39, 0.29) is 11.8 Å². The largest absolute Gasteiger partial charge is 0.478 e. The Balaban J connectivity index is 1.69. The number of hydrogen-bond acceptors (Lipinski definition) is 3. The lowest BCUT2D eigenvalue weighted by atomic mass is 9.95. The van der Waals surface area contributed by atoms with E-state index in [0.29, 0.717) is 17.3 Å². The van der Waals surface area contributed by atoms with Crippen LogP contribution in [0.1, 0.15) is 38.4 Å². The van der Waals surface area contributed by atoms with Gasteiger partial charge in [0.1, 0.15) is 11.6 Å². The molecule has 1 aliphatic heterocycles. The van der Waals surface area contributed by atoms with Crippen LogP contribution in [-0.2, 0) is 4.79 Å². The van der Waals surface area contributed by atoms with Crippen LogP contribution in [0.4, 0.5) is 0 Å². The van der Waals surface area contributed by atoms with E-state index in [1.165, 1.54) is 0 Å². The molecule has 128 valence electrons. The van der Waals surface area contributed by atoms with Crippen LogP contribution in [0.5, 0.6) is 5.75 Å². The van der Waals surface area contributed by atoms with Crippen molar-refractivity contribution in [2.75, 3.05) is 13.1 Å². The molecule has 1 saturated heterocycles. The van der Waals surface area contributed by atoms with Gasteiger partial charge in [-0.1, -0.05) is 17.7 Å². The number of likely N-dealkylation sites (tertiary alicyclic amines) is 1. The molecule has 1 aliphatic rings. The van der Waals surface area contributed by atoms with Crippen LogP contribution in [0.2, 0.25) is 5.02 Å². The standard InChI is InChI=1S/C18H22ClN3O2/c1-18(2,24-15-7-3-6-14(19)11-15)17(23)22-10-4-5-13(12-22)16-20-8-9-21-16/h3,6-9,11,13H,4-5,10,12H2,1-2H3,(H,20,21). The molecule has 24 heavy (non-hydrogen) atoms. The Labute approximate surface area is 147 Å². The van der Waals surface area contributed by atoms with Gasteiger partial charge in [0.25, 0.3) is 5.91 Å². The maximum atomic E-state index is 13.0. The predicted molar refractivity (Wildman–Crippen MR) is 93.3 cm³/mol. The van der Waals surface area contributed by atoms with E-state index in [4.69, 9.17) is 16.3 Å². The van der Waals surface area contributed by atoms with Gasteiger partial charge in [-0.2, -0.15) is 0 Å². The molecule has 5 nitrogen and oxygen atoms in total. The number of piperidine rings is 1. The summed E-state index contributed by atoms with van der Waals surface area (Å²) in [4.78, 5) is 22.3. The first-order valence-electron chi connectivity index (χ1n) is 8.19. The summed E-state index contributed by atoms with van der Waals surface area (Å²) < 4.78 is 5.92. The van der Waals surface area contributed by atoms with Crippen LogP contribution < -0.4 is 4.74 Å². The van der Waals surface area contributed by atoms with Gasteiger partial charge in [0, 0.05) is 36.4 Å². The molecule has 1 aromatic carbocycles. The van der Waals surface area contributed by atoms with Crippen LogP contribution in [0.25, 0.3) is 0 Å². The number of carbonyl (C=O) groups excluding carboxylic acids is 1. The van der Waals surface area contributed by atoms with E-state index < -0.39 is 5.60 Å². The lowest BCUT2D eigenvalue weighted by Gasteiger charge is -2.37. The van der Waals surface area contributed by atoms with Gasteiger partial charge in [-0.15, -0.1) is 0 Å². The molecule has 2 aromatic rings. The number of imidazole rings is 1. The summed E-state index contributed by atoms with van der Waals surface area (Å²) >= 11 is 5.99. The van der Waals surface area contributed by atoms with Gasteiger partial charge < -0.3 is 14.6 Å². The number of halogens is 1. The van der Waals surface area contributed by atoms with E-state index in [1.54, 1.807) is 32.2 Å².